The Labute approximate surface area is 106 Å². The van der Waals surface area contributed by atoms with Gasteiger partial charge >= 0.3 is 0 Å². The van der Waals surface area contributed by atoms with Crippen molar-refractivity contribution in [1.82, 2.24) is 4.31 Å². The number of hydrogen-bond acceptors (Lipinski definition) is 4. The van der Waals surface area contributed by atoms with Crippen molar-refractivity contribution in [1.29, 1.82) is 0 Å². The van der Waals surface area contributed by atoms with E-state index in [-0.39, 0.29) is 18.0 Å². The molecule has 0 saturated carbocycles. The Balaban J connectivity index is 3.21. The summed E-state index contributed by atoms with van der Waals surface area (Å²) in [6.45, 7) is 7.24. The number of hydrogen-bond donors (Lipinski definition) is 1. The first kappa shape index (κ1) is 14.4. The predicted octanol–water partition coefficient (Wildman–Crippen LogP) is 1.75. The zero-order valence-corrected chi connectivity index (χ0v) is 11.9. The third-order valence-electron chi connectivity index (χ3n) is 2.29. The zero-order valence-electron chi connectivity index (χ0n) is 10.2. The fraction of sp³-hybridized carbons (Fsp3) is 0.455. The average molecular weight is 275 g/mol. The first-order chi connectivity index (χ1) is 7.80. The molecule has 0 radical (unpaired) electrons. The van der Waals surface area contributed by atoms with E-state index in [1.165, 1.54) is 22.7 Å². The molecule has 1 aromatic heterocycles. The lowest BCUT2D eigenvalue weighted by atomic mass is 10.3. The van der Waals surface area contributed by atoms with E-state index in [1.807, 2.05) is 0 Å². The minimum absolute atomic E-state index is 0.230. The Morgan fingerprint density at radius 3 is 2.65 bits per heavy atom. The van der Waals surface area contributed by atoms with Gasteiger partial charge in [0, 0.05) is 13.6 Å². The molecule has 1 N–H and O–H groups in total. The van der Waals surface area contributed by atoms with E-state index in [1.54, 1.807) is 19.2 Å². The molecular weight excluding hydrogens is 258 g/mol. The number of nitrogens with zero attached hydrogens (tertiary/aromatic N) is 1. The van der Waals surface area contributed by atoms with Crippen LogP contribution in [-0.2, 0) is 16.6 Å². The lowest BCUT2D eigenvalue weighted by Crippen LogP contribution is -2.29. The van der Waals surface area contributed by atoms with Gasteiger partial charge in [0.25, 0.3) is 0 Å². The molecule has 96 valence electrons. The van der Waals surface area contributed by atoms with Gasteiger partial charge in [0.15, 0.2) is 0 Å². The fourth-order valence-electron chi connectivity index (χ4n) is 1.56. The first-order valence-corrected chi connectivity index (χ1v) is 7.41. The van der Waals surface area contributed by atoms with Crippen LogP contribution in [0.2, 0.25) is 0 Å². The largest absolute Gasteiger partial charge is 0.391 e. The monoisotopic (exact) mass is 275 g/mol. The maximum Gasteiger partial charge on any atom is 0.244 e. The summed E-state index contributed by atoms with van der Waals surface area (Å²) >= 11 is 1.26. The van der Waals surface area contributed by atoms with Crippen LogP contribution >= 0.6 is 11.3 Å². The van der Waals surface area contributed by atoms with E-state index in [4.69, 9.17) is 5.11 Å². The van der Waals surface area contributed by atoms with Crippen LogP contribution in [0.5, 0.6) is 0 Å². The summed E-state index contributed by atoms with van der Waals surface area (Å²) in [4.78, 5) is 0.713. The Bertz CT molecular complexity index is 517. The molecule has 0 fully saturated rings. The summed E-state index contributed by atoms with van der Waals surface area (Å²) in [6.07, 6.45) is 0. The molecule has 1 heterocycles. The number of aryl methyl sites for hydroxylation is 1. The van der Waals surface area contributed by atoms with Crippen LogP contribution < -0.4 is 0 Å². The van der Waals surface area contributed by atoms with Crippen LogP contribution in [0.1, 0.15) is 17.4 Å². The van der Waals surface area contributed by atoms with Gasteiger partial charge in [-0.1, -0.05) is 12.2 Å². The molecule has 0 aromatic carbocycles. The molecule has 1 rings (SSSR count). The summed E-state index contributed by atoms with van der Waals surface area (Å²) in [5.41, 5.74) is 1.45. The Morgan fingerprint density at radius 1 is 1.59 bits per heavy atom. The van der Waals surface area contributed by atoms with Crippen molar-refractivity contribution >= 4 is 21.4 Å². The molecule has 4 nitrogen and oxygen atoms in total. The van der Waals surface area contributed by atoms with Crippen molar-refractivity contribution in [3.8, 4) is 0 Å². The maximum atomic E-state index is 12.3. The Kier molecular flexibility index (Phi) is 4.48. The molecular formula is C11H17NO3S2. The third kappa shape index (κ3) is 2.95. The van der Waals surface area contributed by atoms with Crippen molar-refractivity contribution in [2.24, 2.45) is 0 Å². The number of aliphatic hydroxyl groups is 1. The first-order valence-electron chi connectivity index (χ1n) is 5.09. The topological polar surface area (TPSA) is 57.6 Å². The fourth-order valence-corrected chi connectivity index (χ4v) is 4.40. The van der Waals surface area contributed by atoms with Crippen LogP contribution in [0, 0.1) is 6.92 Å². The van der Waals surface area contributed by atoms with Crippen molar-refractivity contribution < 1.29 is 13.5 Å². The summed E-state index contributed by atoms with van der Waals surface area (Å²) in [5.74, 6) is 0. The van der Waals surface area contributed by atoms with Crippen LogP contribution in [0.15, 0.2) is 22.4 Å². The van der Waals surface area contributed by atoms with Crippen LogP contribution in [0.4, 0.5) is 0 Å². The van der Waals surface area contributed by atoms with E-state index in [0.29, 0.717) is 10.4 Å². The second-order valence-electron chi connectivity index (χ2n) is 4.05. The van der Waals surface area contributed by atoms with Gasteiger partial charge in [0.05, 0.1) is 11.5 Å². The number of sulfonamides is 1. The molecule has 0 spiro atoms. The molecule has 17 heavy (non-hydrogen) atoms. The van der Waals surface area contributed by atoms with Crippen LogP contribution in [-0.4, -0.2) is 31.4 Å². The summed E-state index contributed by atoms with van der Waals surface area (Å²) in [6, 6.07) is 0. The molecule has 0 saturated heterocycles. The SMILES string of the molecule is C=C(C)CN(C)S(=O)(=O)c1c(C)csc1CO. The Morgan fingerprint density at radius 2 is 2.18 bits per heavy atom. The summed E-state index contributed by atoms with van der Waals surface area (Å²) in [7, 11) is -2.03. The molecule has 6 heteroatoms. The van der Waals surface area contributed by atoms with Gasteiger partial charge in [-0.15, -0.1) is 11.3 Å². The highest BCUT2D eigenvalue weighted by molar-refractivity contribution is 7.89. The van der Waals surface area contributed by atoms with E-state index in [0.717, 1.165) is 5.57 Å². The van der Waals surface area contributed by atoms with Gasteiger partial charge in [-0.05, 0) is 24.8 Å². The summed E-state index contributed by atoms with van der Waals surface area (Å²) < 4.78 is 25.9. The van der Waals surface area contributed by atoms with Gasteiger partial charge in [0.2, 0.25) is 10.0 Å². The number of thiophene rings is 1. The van der Waals surface area contributed by atoms with Crippen molar-refractivity contribution in [2.45, 2.75) is 25.3 Å². The lowest BCUT2D eigenvalue weighted by Gasteiger charge is -2.18. The second kappa shape index (κ2) is 5.30. The standard InChI is InChI=1S/C11H17NO3S2/c1-8(2)5-12(4)17(14,15)11-9(3)7-16-10(11)6-13/h7,13H,1,5-6H2,2-4H3. The van der Waals surface area contributed by atoms with Gasteiger partial charge in [-0.25, -0.2) is 8.42 Å². The predicted molar refractivity (Wildman–Crippen MR) is 69.6 cm³/mol. The summed E-state index contributed by atoms with van der Waals surface area (Å²) in [5, 5.41) is 10.9. The van der Waals surface area contributed by atoms with Crippen molar-refractivity contribution in [3.63, 3.8) is 0 Å². The van der Waals surface area contributed by atoms with Crippen molar-refractivity contribution in [2.75, 3.05) is 13.6 Å². The molecule has 0 unspecified atom stereocenters. The quantitative estimate of drug-likeness (QED) is 0.833. The molecule has 1 aromatic rings. The third-order valence-corrected chi connectivity index (χ3v) is 5.55. The number of likely N-dealkylation sites (N-methyl/N-ethyl adjacent to an activating group) is 1. The number of rotatable bonds is 5. The molecule has 0 bridgehead atoms. The smallest absolute Gasteiger partial charge is 0.244 e. The minimum atomic E-state index is -3.54. The molecule has 0 aliphatic heterocycles. The highest BCUT2D eigenvalue weighted by Gasteiger charge is 2.26. The lowest BCUT2D eigenvalue weighted by molar-refractivity contribution is 0.282. The molecule has 0 aliphatic rings. The van der Waals surface area contributed by atoms with E-state index >= 15 is 0 Å². The molecule has 0 amide bonds. The normalized spacial score (nSPS) is 12.1. The van der Waals surface area contributed by atoms with Crippen molar-refractivity contribution in [3.05, 3.63) is 28.0 Å². The van der Waals surface area contributed by atoms with Crippen LogP contribution in [0.3, 0.4) is 0 Å². The second-order valence-corrected chi connectivity index (χ2v) is 6.99. The highest BCUT2D eigenvalue weighted by Crippen LogP contribution is 2.29. The Hall–Kier alpha value is -0.690. The minimum Gasteiger partial charge on any atom is -0.391 e. The van der Waals surface area contributed by atoms with E-state index in [2.05, 4.69) is 6.58 Å². The maximum absolute atomic E-state index is 12.3. The molecule has 0 atom stereocenters. The van der Waals surface area contributed by atoms with Crippen LogP contribution in [0.25, 0.3) is 0 Å². The van der Waals surface area contributed by atoms with Gasteiger partial charge < -0.3 is 5.11 Å². The van der Waals surface area contributed by atoms with E-state index < -0.39 is 10.0 Å². The van der Waals surface area contributed by atoms with Gasteiger partial charge in [0.1, 0.15) is 4.90 Å². The van der Waals surface area contributed by atoms with E-state index in [9.17, 15) is 8.42 Å². The zero-order chi connectivity index (χ0) is 13.2. The van der Waals surface area contributed by atoms with Gasteiger partial charge in [-0.3, -0.25) is 0 Å². The highest BCUT2D eigenvalue weighted by atomic mass is 32.2. The van der Waals surface area contributed by atoms with Gasteiger partial charge in [-0.2, -0.15) is 4.31 Å². The molecule has 0 aliphatic carbocycles. The average Bonchev–Trinajstić information content (AvgIpc) is 2.58. The number of aliphatic hydroxyl groups excluding tert-OH is 1.